The molecule has 0 aliphatic rings. The van der Waals surface area contributed by atoms with Gasteiger partial charge in [0.25, 0.3) is 5.91 Å². The zero-order valence-electron chi connectivity index (χ0n) is 17.5. The lowest BCUT2D eigenvalue weighted by Crippen LogP contribution is -2.35. The topological polar surface area (TPSA) is 118 Å². The zero-order chi connectivity index (χ0) is 22.8. The van der Waals surface area contributed by atoms with E-state index in [0.717, 1.165) is 11.1 Å². The summed E-state index contributed by atoms with van der Waals surface area (Å²) in [6.07, 6.45) is 1.34. The maximum Gasteiger partial charge on any atom is 0.349 e. The molecular formula is C23H23N3O5. The number of hydrogen-bond acceptors (Lipinski definition) is 6. The molecule has 2 N–H and O–H groups in total. The molecule has 8 nitrogen and oxygen atoms in total. The number of ether oxygens (including phenoxy) is 2. The van der Waals surface area contributed by atoms with Crippen molar-refractivity contribution < 1.29 is 23.9 Å². The van der Waals surface area contributed by atoms with Gasteiger partial charge in [-0.3, -0.25) is 9.59 Å². The molecule has 2 aromatic carbocycles. The minimum Gasteiger partial charge on any atom is -0.497 e. The van der Waals surface area contributed by atoms with Crippen LogP contribution in [0.25, 0.3) is 6.08 Å². The standard InChI is InChI=1S/C23H23N3O5/c1-15-5-4-6-20(16(15)2)26-21(27)13-25-22(28)14-31-23(29)18(12-24)11-17-7-9-19(30-3)10-8-17/h4-11H,13-14H2,1-3H3,(H,25,28)(H,26,27). The van der Waals surface area contributed by atoms with Crippen molar-refractivity contribution >= 4 is 29.5 Å². The van der Waals surface area contributed by atoms with E-state index < -0.39 is 24.4 Å². The van der Waals surface area contributed by atoms with Crippen molar-refractivity contribution in [1.82, 2.24) is 5.32 Å². The molecule has 0 spiro atoms. The molecule has 0 atom stereocenters. The molecule has 0 aromatic heterocycles. The van der Waals surface area contributed by atoms with Crippen molar-refractivity contribution in [3.8, 4) is 11.8 Å². The second kappa shape index (κ2) is 11.2. The summed E-state index contributed by atoms with van der Waals surface area (Å²) in [7, 11) is 1.53. The maximum absolute atomic E-state index is 12.1. The van der Waals surface area contributed by atoms with Crippen LogP contribution < -0.4 is 15.4 Å². The third kappa shape index (κ3) is 7.01. The first-order valence-corrected chi connectivity index (χ1v) is 9.39. The number of carbonyl (C=O) groups is 3. The molecule has 2 rings (SSSR count). The Kier molecular flexibility index (Phi) is 8.34. The first-order chi connectivity index (χ1) is 14.8. The highest BCUT2D eigenvalue weighted by Crippen LogP contribution is 2.17. The summed E-state index contributed by atoms with van der Waals surface area (Å²) in [6, 6.07) is 14.0. The molecule has 0 aliphatic heterocycles. The number of rotatable bonds is 8. The quantitative estimate of drug-likeness (QED) is 0.384. The van der Waals surface area contributed by atoms with Crippen LogP contribution in [0.5, 0.6) is 5.75 Å². The molecule has 2 aromatic rings. The Hall–Kier alpha value is -4.12. The summed E-state index contributed by atoms with van der Waals surface area (Å²) in [5.41, 5.74) is 2.97. The van der Waals surface area contributed by atoms with Gasteiger partial charge in [0, 0.05) is 5.69 Å². The van der Waals surface area contributed by atoms with Crippen molar-refractivity contribution in [3.63, 3.8) is 0 Å². The molecule has 0 saturated carbocycles. The van der Waals surface area contributed by atoms with Gasteiger partial charge in [0.15, 0.2) is 6.61 Å². The highest BCUT2D eigenvalue weighted by molar-refractivity contribution is 5.99. The average Bonchev–Trinajstić information content (AvgIpc) is 2.77. The van der Waals surface area contributed by atoms with Gasteiger partial charge >= 0.3 is 5.97 Å². The predicted molar refractivity (Wildman–Crippen MR) is 115 cm³/mol. The predicted octanol–water partition coefficient (Wildman–Crippen LogP) is 2.52. The van der Waals surface area contributed by atoms with Gasteiger partial charge in [-0.25, -0.2) is 4.79 Å². The van der Waals surface area contributed by atoms with E-state index in [1.165, 1.54) is 13.2 Å². The number of hydrogen-bond donors (Lipinski definition) is 2. The minimum atomic E-state index is -0.937. The summed E-state index contributed by atoms with van der Waals surface area (Å²) in [5, 5.41) is 14.3. The number of nitrogens with zero attached hydrogens (tertiary/aromatic N) is 1. The number of esters is 1. The van der Waals surface area contributed by atoms with Crippen LogP contribution in [0, 0.1) is 25.2 Å². The first kappa shape index (κ1) is 23.2. The second-order valence-electron chi connectivity index (χ2n) is 6.59. The monoisotopic (exact) mass is 421 g/mol. The second-order valence-corrected chi connectivity index (χ2v) is 6.59. The SMILES string of the molecule is COc1ccc(C=C(C#N)C(=O)OCC(=O)NCC(=O)Nc2cccc(C)c2C)cc1. The number of nitriles is 1. The number of carbonyl (C=O) groups excluding carboxylic acids is 3. The molecule has 160 valence electrons. The maximum atomic E-state index is 12.1. The van der Waals surface area contributed by atoms with E-state index in [4.69, 9.17) is 9.47 Å². The van der Waals surface area contributed by atoms with E-state index in [9.17, 15) is 19.6 Å². The lowest BCUT2D eigenvalue weighted by Gasteiger charge is -2.11. The Bertz CT molecular complexity index is 1040. The normalized spacial score (nSPS) is 10.6. The fourth-order valence-electron chi connectivity index (χ4n) is 2.52. The van der Waals surface area contributed by atoms with Gasteiger partial charge in [-0.1, -0.05) is 24.3 Å². The van der Waals surface area contributed by atoms with Crippen molar-refractivity contribution in [2.45, 2.75) is 13.8 Å². The summed E-state index contributed by atoms with van der Waals surface area (Å²) < 4.78 is 9.91. The third-order valence-electron chi connectivity index (χ3n) is 4.43. The van der Waals surface area contributed by atoms with Crippen molar-refractivity contribution in [3.05, 3.63) is 64.7 Å². The Morgan fingerprint density at radius 2 is 1.77 bits per heavy atom. The van der Waals surface area contributed by atoms with Crippen LogP contribution >= 0.6 is 0 Å². The van der Waals surface area contributed by atoms with Gasteiger partial charge in [-0.2, -0.15) is 5.26 Å². The van der Waals surface area contributed by atoms with Crippen LogP contribution in [0.2, 0.25) is 0 Å². The Morgan fingerprint density at radius 3 is 2.42 bits per heavy atom. The number of methoxy groups -OCH3 is 1. The van der Waals surface area contributed by atoms with E-state index in [1.807, 2.05) is 26.0 Å². The number of anilines is 1. The minimum absolute atomic E-state index is 0.259. The number of benzene rings is 2. The van der Waals surface area contributed by atoms with Gasteiger partial charge in [0.05, 0.1) is 13.7 Å². The summed E-state index contributed by atoms with van der Waals surface area (Å²) in [5.74, 6) is -1.37. The number of aryl methyl sites for hydroxylation is 1. The zero-order valence-corrected chi connectivity index (χ0v) is 17.5. The lowest BCUT2D eigenvalue weighted by molar-refractivity contribution is -0.144. The summed E-state index contributed by atoms with van der Waals surface area (Å²) in [6.45, 7) is 2.92. The lowest BCUT2D eigenvalue weighted by atomic mass is 10.1. The smallest absolute Gasteiger partial charge is 0.349 e. The molecule has 2 amide bonds. The fraction of sp³-hybridized carbons (Fsp3) is 0.217. The first-order valence-electron chi connectivity index (χ1n) is 9.39. The third-order valence-corrected chi connectivity index (χ3v) is 4.43. The van der Waals surface area contributed by atoms with Gasteiger partial charge < -0.3 is 20.1 Å². The van der Waals surface area contributed by atoms with Gasteiger partial charge in [-0.15, -0.1) is 0 Å². The van der Waals surface area contributed by atoms with Gasteiger partial charge in [-0.05, 0) is 54.8 Å². The number of nitrogens with one attached hydrogen (secondary N) is 2. The molecule has 0 bridgehead atoms. The van der Waals surface area contributed by atoms with E-state index >= 15 is 0 Å². The van der Waals surface area contributed by atoms with E-state index in [2.05, 4.69) is 10.6 Å². The van der Waals surface area contributed by atoms with Crippen LogP contribution in [-0.2, 0) is 19.1 Å². The molecule has 0 radical (unpaired) electrons. The molecule has 0 unspecified atom stereocenters. The van der Waals surface area contributed by atoms with Crippen molar-refractivity contribution in [2.24, 2.45) is 0 Å². The van der Waals surface area contributed by atoms with E-state index in [1.54, 1.807) is 36.4 Å². The Labute approximate surface area is 180 Å². The van der Waals surface area contributed by atoms with Crippen LogP contribution in [0.15, 0.2) is 48.0 Å². The molecule has 8 heteroatoms. The molecule has 0 saturated heterocycles. The molecule has 31 heavy (non-hydrogen) atoms. The Balaban J connectivity index is 1.83. The Morgan fingerprint density at radius 1 is 1.06 bits per heavy atom. The van der Waals surface area contributed by atoms with Crippen LogP contribution in [0.3, 0.4) is 0 Å². The van der Waals surface area contributed by atoms with Crippen LogP contribution in [0.1, 0.15) is 16.7 Å². The van der Waals surface area contributed by atoms with Crippen LogP contribution in [-0.4, -0.2) is 38.0 Å². The molecular weight excluding hydrogens is 398 g/mol. The summed E-state index contributed by atoms with van der Waals surface area (Å²) in [4.78, 5) is 36.0. The average molecular weight is 421 g/mol. The van der Waals surface area contributed by atoms with Crippen molar-refractivity contribution in [2.75, 3.05) is 25.6 Å². The molecule has 0 fully saturated rings. The highest BCUT2D eigenvalue weighted by Gasteiger charge is 2.14. The highest BCUT2D eigenvalue weighted by atomic mass is 16.5. The van der Waals surface area contributed by atoms with E-state index in [-0.39, 0.29) is 12.1 Å². The fourth-order valence-corrected chi connectivity index (χ4v) is 2.52. The van der Waals surface area contributed by atoms with Gasteiger partial charge in [0.1, 0.15) is 17.4 Å². The van der Waals surface area contributed by atoms with Crippen LogP contribution in [0.4, 0.5) is 5.69 Å². The van der Waals surface area contributed by atoms with Crippen molar-refractivity contribution in [1.29, 1.82) is 5.26 Å². The van der Waals surface area contributed by atoms with Gasteiger partial charge in [0.2, 0.25) is 5.91 Å². The number of amides is 2. The van der Waals surface area contributed by atoms with E-state index in [0.29, 0.717) is 17.0 Å². The molecule has 0 aliphatic carbocycles. The largest absolute Gasteiger partial charge is 0.497 e. The molecule has 0 heterocycles. The summed E-state index contributed by atoms with van der Waals surface area (Å²) >= 11 is 0.